The van der Waals surface area contributed by atoms with E-state index >= 15 is 0 Å². The molecule has 0 amide bonds. The van der Waals surface area contributed by atoms with Gasteiger partial charge in [0.1, 0.15) is 12.2 Å². The molecule has 1 aromatic heterocycles. The highest BCUT2D eigenvalue weighted by atomic mass is 15.3. The zero-order valence-electron chi connectivity index (χ0n) is 10.6. The van der Waals surface area contributed by atoms with E-state index in [2.05, 4.69) is 46.6 Å². The predicted octanol–water partition coefficient (Wildman–Crippen LogP) is 2.08. The summed E-state index contributed by atoms with van der Waals surface area (Å²) in [5.74, 6) is 1.08. The third kappa shape index (κ3) is 2.04. The molecule has 0 radical (unpaired) electrons. The van der Waals surface area contributed by atoms with Gasteiger partial charge in [-0.2, -0.15) is 5.10 Å². The van der Waals surface area contributed by atoms with Gasteiger partial charge in [-0.15, -0.1) is 0 Å². The number of benzene rings is 1. The van der Waals surface area contributed by atoms with Crippen LogP contribution < -0.4 is 5.32 Å². The molecule has 1 aliphatic heterocycles. The number of hydrogen-bond donors (Lipinski definition) is 1. The van der Waals surface area contributed by atoms with Crippen LogP contribution in [0.1, 0.15) is 36.3 Å². The Balaban J connectivity index is 1.80. The van der Waals surface area contributed by atoms with Gasteiger partial charge in [0, 0.05) is 25.6 Å². The first-order valence-corrected chi connectivity index (χ1v) is 6.56. The van der Waals surface area contributed by atoms with E-state index in [4.69, 9.17) is 0 Å². The second-order valence-corrected chi connectivity index (χ2v) is 4.74. The van der Waals surface area contributed by atoms with Crippen molar-refractivity contribution in [1.82, 2.24) is 20.1 Å². The summed E-state index contributed by atoms with van der Waals surface area (Å²) in [4.78, 5) is 4.38. The van der Waals surface area contributed by atoms with Gasteiger partial charge >= 0.3 is 0 Å². The predicted molar refractivity (Wildman–Crippen MR) is 70.0 cm³/mol. The van der Waals surface area contributed by atoms with Crippen molar-refractivity contribution in [1.29, 1.82) is 0 Å². The number of aryl methyl sites for hydroxylation is 1. The Morgan fingerprint density at radius 2 is 2.28 bits per heavy atom. The number of hydrogen-bond acceptors (Lipinski definition) is 3. The molecule has 18 heavy (non-hydrogen) atoms. The van der Waals surface area contributed by atoms with E-state index in [-0.39, 0.29) is 0 Å². The maximum atomic E-state index is 4.38. The fraction of sp³-hybridized carbons (Fsp3) is 0.429. The zero-order valence-corrected chi connectivity index (χ0v) is 10.6. The highest BCUT2D eigenvalue weighted by Crippen LogP contribution is 2.27. The van der Waals surface area contributed by atoms with E-state index < -0.39 is 0 Å². The SMILES string of the molecule is CCCn1ncnc1CC1NCc2ccccc21. The van der Waals surface area contributed by atoms with Crippen LogP contribution in [0.15, 0.2) is 30.6 Å². The molecule has 1 N–H and O–H groups in total. The van der Waals surface area contributed by atoms with E-state index in [9.17, 15) is 0 Å². The Morgan fingerprint density at radius 1 is 1.39 bits per heavy atom. The average Bonchev–Trinajstić information content (AvgIpc) is 2.99. The fourth-order valence-electron chi connectivity index (χ4n) is 2.59. The van der Waals surface area contributed by atoms with Gasteiger partial charge in [0.2, 0.25) is 0 Å². The summed E-state index contributed by atoms with van der Waals surface area (Å²) in [6.07, 6.45) is 3.66. The lowest BCUT2D eigenvalue weighted by atomic mass is 10.0. The van der Waals surface area contributed by atoms with Crippen LogP contribution in [0.3, 0.4) is 0 Å². The molecule has 0 fully saturated rings. The van der Waals surface area contributed by atoms with Crippen LogP contribution in [-0.2, 0) is 19.5 Å². The summed E-state index contributed by atoms with van der Waals surface area (Å²) in [6.45, 7) is 4.07. The highest BCUT2D eigenvalue weighted by molar-refractivity contribution is 5.34. The molecule has 0 saturated heterocycles. The molecule has 1 atom stereocenters. The second kappa shape index (κ2) is 4.90. The number of fused-ring (bicyclic) bond motifs is 1. The first-order chi connectivity index (χ1) is 8.88. The van der Waals surface area contributed by atoms with Gasteiger partial charge in [-0.3, -0.25) is 4.68 Å². The van der Waals surface area contributed by atoms with Crippen LogP contribution in [-0.4, -0.2) is 14.8 Å². The van der Waals surface area contributed by atoms with Crippen molar-refractivity contribution in [3.8, 4) is 0 Å². The van der Waals surface area contributed by atoms with Crippen molar-refractivity contribution in [3.63, 3.8) is 0 Å². The van der Waals surface area contributed by atoms with Crippen LogP contribution >= 0.6 is 0 Å². The van der Waals surface area contributed by atoms with E-state index in [0.717, 1.165) is 31.8 Å². The Bertz CT molecular complexity index is 532. The van der Waals surface area contributed by atoms with Gasteiger partial charge in [-0.1, -0.05) is 31.2 Å². The number of nitrogens with one attached hydrogen (secondary N) is 1. The molecule has 94 valence electrons. The molecule has 1 aliphatic rings. The maximum Gasteiger partial charge on any atom is 0.138 e. The average molecular weight is 242 g/mol. The van der Waals surface area contributed by atoms with Crippen LogP contribution in [0.2, 0.25) is 0 Å². The van der Waals surface area contributed by atoms with E-state index in [1.54, 1.807) is 6.33 Å². The lowest BCUT2D eigenvalue weighted by molar-refractivity contribution is 0.514. The fourth-order valence-corrected chi connectivity index (χ4v) is 2.59. The second-order valence-electron chi connectivity index (χ2n) is 4.74. The van der Waals surface area contributed by atoms with Gasteiger partial charge in [0.05, 0.1) is 0 Å². The lowest BCUT2D eigenvalue weighted by Gasteiger charge is -2.12. The minimum atomic E-state index is 0.376. The topological polar surface area (TPSA) is 42.7 Å². The normalized spacial score (nSPS) is 17.9. The molecule has 3 rings (SSSR count). The van der Waals surface area contributed by atoms with E-state index in [1.165, 1.54) is 11.1 Å². The third-order valence-electron chi connectivity index (χ3n) is 3.49. The smallest absolute Gasteiger partial charge is 0.138 e. The van der Waals surface area contributed by atoms with Gasteiger partial charge in [0.25, 0.3) is 0 Å². The Labute approximate surface area is 107 Å². The van der Waals surface area contributed by atoms with Crippen molar-refractivity contribution >= 4 is 0 Å². The van der Waals surface area contributed by atoms with Crippen molar-refractivity contribution < 1.29 is 0 Å². The molecule has 1 aromatic carbocycles. The zero-order chi connectivity index (χ0) is 12.4. The molecule has 4 heteroatoms. The number of rotatable bonds is 4. The molecule has 2 aromatic rings. The standard InChI is InChI=1S/C14H18N4/c1-2-7-18-14(16-10-17-18)8-13-12-6-4-3-5-11(12)9-15-13/h3-6,10,13,15H,2,7-9H2,1H3. The highest BCUT2D eigenvalue weighted by Gasteiger charge is 2.23. The number of nitrogens with zero attached hydrogens (tertiary/aromatic N) is 3. The van der Waals surface area contributed by atoms with Gasteiger partial charge in [0.15, 0.2) is 0 Å². The van der Waals surface area contributed by atoms with Crippen molar-refractivity contribution in [2.75, 3.05) is 0 Å². The van der Waals surface area contributed by atoms with Gasteiger partial charge in [-0.25, -0.2) is 4.98 Å². The van der Waals surface area contributed by atoms with Crippen molar-refractivity contribution in [3.05, 3.63) is 47.5 Å². The van der Waals surface area contributed by atoms with Crippen LogP contribution in [0, 0.1) is 0 Å². The van der Waals surface area contributed by atoms with Crippen LogP contribution in [0.4, 0.5) is 0 Å². The Morgan fingerprint density at radius 3 is 3.17 bits per heavy atom. The van der Waals surface area contributed by atoms with Gasteiger partial charge in [-0.05, 0) is 17.5 Å². The summed E-state index contributed by atoms with van der Waals surface area (Å²) < 4.78 is 2.02. The molecular formula is C14H18N4. The van der Waals surface area contributed by atoms with Crippen LogP contribution in [0.5, 0.6) is 0 Å². The van der Waals surface area contributed by atoms with Crippen molar-refractivity contribution in [2.24, 2.45) is 0 Å². The molecular weight excluding hydrogens is 224 g/mol. The molecule has 2 heterocycles. The molecule has 0 aliphatic carbocycles. The summed E-state index contributed by atoms with van der Waals surface area (Å²) in [6, 6.07) is 8.98. The summed E-state index contributed by atoms with van der Waals surface area (Å²) in [5, 5.41) is 7.83. The first-order valence-electron chi connectivity index (χ1n) is 6.56. The number of aromatic nitrogens is 3. The summed E-state index contributed by atoms with van der Waals surface area (Å²) in [5.41, 5.74) is 2.81. The Kier molecular flexibility index (Phi) is 3.11. The summed E-state index contributed by atoms with van der Waals surface area (Å²) in [7, 11) is 0. The molecule has 4 nitrogen and oxygen atoms in total. The minimum absolute atomic E-state index is 0.376. The minimum Gasteiger partial charge on any atom is -0.305 e. The van der Waals surface area contributed by atoms with Crippen molar-refractivity contribution in [2.45, 2.75) is 38.9 Å². The van der Waals surface area contributed by atoms with E-state index in [1.807, 2.05) is 4.68 Å². The largest absolute Gasteiger partial charge is 0.305 e. The monoisotopic (exact) mass is 242 g/mol. The Hall–Kier alpha value is -1.68. The summed E-state index contributed by atoms with van der Waals surface area (Å²) >= 11 is 0. The molecule has 0 saturated carbocycles. The first kappa shape index (κ1) is 11.4. The third-order valence-corrected chi connectivity index (χ3v) is 3.49. The van der Waals surface area contributed by atoms with Crippen LogP contribution in [0.25, 0.3) is 0 Å². The molecule has 0 spiro atoms. The van der Waals surface area contributed by atoms with Gasteiger partial charge < -0.3 is 5.32 Å². The maximum absolute atomic E-state index is 4.38. The lowest BCUT2D eigenvalue weighted by Crippen LogP contribution is -2.17. The molecule has 1 unspecified atom stereocenters. The quantitative estimate of drug-likeness (QED) is 0.892. The molecule has 0 bridgehead atoms. The van der Waals surface area contributed by atoms with E-state index in [0.29, 0.717) is 6.04 Å².